The standard InChI is InChI=1S/C28H20ClN3O7/c1-2-36-24-11-16(10-21(29)25(24)37-14-18-6-4-3-5-17(18)13-30)9-20-26(33)31-28(35)32(27(20)34)19-7-8-22-23(12-19)39-15-38-22/h3-12H,2,14-15H2,1H3,(H,31,33,35)/b20-9+. The Hall–Kier alpha value is -5.01. The molecule has 2 aliphatic rings. The molecule has 0 spiro atoms. The van der Waals surface area contributed by atoms with Gasteiger partial charge in [-0.15, -0.1) is 0 Å². The van der Waals surface area contributed by atoms with E-state index in [-0.39, 0.29) is 47.8 Å². The minimum Gasteiger partial charge on any atom is -0.490 e. The van der Waals surface area contributed by atoms with Gasteiger partial charge in [-0.1, -0.05) is 29.8 Å². The summed E-state index contributed by atoms with van der Waals surface area (Å²) in [5, 5.41) is 11.7. The maximum atomic E-state index is 13.3. The highest BCUT2D eigenvalue weighted by Gasteiger charge is 2.37. The molecule has 0 unspecified atom stereocenters. The van der Waals surface area contributed by atoms with Gasteiger partial charge in [0, 0.05) is 11.6 Å². The molecule has 0 bridgehead atoms. The predicted octanol–water partition coefficient (Wildman–Crippen LogP) is 4.58. The lowest BCUT2D eigenvalue weighted by atomic mass is 10.1. The molecule has 1 fully saturated rings. The summed E-state index contributed by atoms with van der Waals surface area (Å²) >= 11 is 6.53. The van der Waals surface area contributed by atoms with Crippen molar-refractivity contribution in [2.24, 2.45) is 0 Å². The monoisotopic (exact) mass is 545 g/mol. The van der Waals surface area contributed by atoms with Gasteiger partial charge < -0.3 is 18.9 Å². The van der Waals surface area contributed by atoms with Crippen LogP contribution in [0.15, 0.2) is 60.2 Å². The van der Waals surface area contributed by atoms with Gasteiger partial charge in [-0.3, -0.25) is 14.9 Å². The second-order valence-corrected chi connectivity index (χ2v) is 8.72. The zero-order valence-corrected chi connectivity index (χ0v) is 21.3. The summed E-state index contributed by atoms with van der Waals surface area (Å²) in [4.78, 5) is 39.4. The fourth-order valence-corrected chi connectivity index (χ4v) is 4.34. The van der Waals surface area contributed by atoms with Crippen LogP contribution in [0.1, 0.15) is 23.6 Å². The van der Waals surface area contributed by atoms with Gasteiger partial charge in [-0.25, -0.2) is 9.69 Å². The summed E-state index contributed by atoms with van der Waals surface area (Å²) in [5.74, 6) is -0.318. The van der Waals surface area contributed by atoms with E-state index in [1.54, 1.807) is 43.3 Å². The molecule has 39 heavy (non-hydrogen) atoms. The van der Waals surface area contributed by atoms with Crippen molar-refractivity contribution >= 4 is 41.2 Å². The average molecular weight is 546 g/mol. The minimum absolute atomic E-state index is 0.0238. The van der Waals surface area contributed by atoms with Crippen LogP contribution in [0.25, 0.3) is 6.08 Å². The number of rotatable bonds is 7. The van der Waals surface area contributed by atoms with E-state index >= 15 is 0 Å². The zero-order chi connectivity index (χ0) is 27.5. The van der Waals surface area contributed by atoms with Crippen molar-refractivity contribution in [2.45, 2.75) is 13.5 Å². The van der Waals surface area contributed by atoms with Crippen molar-refractivity contribution in [2.75, 3.05) is 18.3 Å². The highest BCUT2D eigenvalue weighted by Crippen LogP contribution is 2.39. The van der Waals surface area contributed by atoms with Gasteiger partial charge in [0.2, 0.25) is 6.79 Å². The number of nitrogens with zero attached hydrogens (tertiary/aromatic N) is 2. The van der Waals surface area contributed by atoms with Crippen molar-refractivity contribution in [3.8, 4) is 29.1 Å². The Kier molecular flexibility index (Phi) is 7.08. The van der Waals surface area contributed by atoms with Gasteiger partial charge in [0.15, 0.2) is 23.0 Å². The Morgan fingerprint density at radius 1 is 1.08 bits per heavy atom. The van der Waals surface area contributed by atoms with E-state index < -0.39 is 17.8 Å². The first kappa shape index (κ1) is 25.6. The van der Waals surface area contributed by atoms with Crippen LogP contribution in [0.5, 0.6) is 23.0 Å². The van der Waals surface area contributed by atoms with E-state index in [1.807, 2.05) is 0 Å². The Balaban J connectivity index is 1.46. The van der Waals surface area contributed by atoms with E-state index in [0.717, 1.165) is 4.90 Å². The molecule has 1 saturated heterocycles. The highest BCUT2D eigenvalue weighted by molar-refractivity contribution is 6.39. The molecule has 3 aromatic rings. The van der Waals surface area contributed by atoms with Gasteiger partial charge in [0.05, 0.1) is 28.9 Å². The number of hydrogen-bond acceptors (Lipinski definition) is 8. The van der Waals surface area contributed by atoms with Crippen LogP contribution in [-0.2, 0) is 16.2 Å². The first-order valence-electron chi connectivity index (χ1n) is 11.8. The minimum atomic E-state index is -0.893. The van der Waals surface area contributed by atoms with E-state index in [9.17, 15) is 19.6 Å². The smallest absolute Gasteiger partial charge is 0.335 e. The molecule has 10 nitrogen and oxygen atoms in total. The fourth-order valence-electron chi connectivity index (χ4n) is 4.06. The van der Waals surface area contributed by atoms with Crippen molar-refractivity contribution in [3.63, 3.8) is 0 Å². The number of barbiturate groups is 1. The quantitative estimate of drug-likeness (QED) is 0.337. The lowest BCUT2D eigenvalue weighted by Crippen LogP contribution is -2.54. The molecule has 2 aliphatic heterocycles. The number of ether oxygens (including phenoxy) is 4. The number of amides is 4. The summed E-state index contributed by atoms with van der Waals surface area (Å²) < 4.78 is 22.2. The number of anilines is 1. The Morgan fingerprint density at radius 3 is 2.67 bits per heavy atom. The molecular weight excluding hydrogens is 526 g/mol. The number of hydrogen-bond donors (Lipinski definition) is 1. The van der Waals surface area contributed by atoms with Gasteiger partial charge >= 0.3 is 6.03 Å². The molecule has 0 aromatic heterocycles. The number of benzene rings is 3. The van der Waals surface area contributed by atoms with Crippen molar-refractivity contribution < 1.29 is 33.3 Å². The number of imide groups is 2. The van der Waals surface area contributed by atoms with Crippen LogP contribution >= 0.6 is 11.6 Å². The normalized spacial score (nSPS) is 15.3. The third-order valence-electron chi connectivity index (χ3n) is 5.87. The van der Waals surface area contributed by atoms with Crippen LogP contribution in [0, 0.1) is 11.3 Å². The Morgan fingerprint density at radius 2 is 1.87 bits per heavy atom. The topological polar surface area (TPSA) is 127 Å². The summed E-state index contributed by atoms with van der Waals surface area (Å²) in [6.07, 6.45) is 1.31. The van der Waals surface area contributed by atoms with E-state index in [0.29, 0.717) is 28.2 Å². The molecule has 0 radical (unpaired) electrons. The number of carbonyl (C=O) groups is 3. The Bertz CT molecular complexity index is 1580. The summed E-state index contributed by atoms with van der Waals surface area (Å²) in [5.41, 5.74) is 1.42. The molecule has 0 saturated carbocycles. The molecule has 196 valence electrons. The van der Waals surface area contributed by atoms with Crippen LogP contribution < -0.4 is 29.2 Å². The maximum absolute atomic E-state index is 13.3. The van der Waals surface area contributed by atoms with Crippen molar-refractivity contribution in [1.29, 1.82) is 5.26 Å². The summed E-state index contributed by atoms with van der Waals surface area (Å²) in [6, 6.07) is 15.9. The third kappa shape index (κ3) is 5.08. The zero-order valence-electron chi connectivity index (χ0n) is 20.5. The maximum Gasteiger partial charge on any atom is 0.335 e. The molecule has 0 atom stereocenters. The molecule has 1 N–H and O–H groups in total. The van der Waals surface area contributed by atoms with Crippen molar-refractivity contribution in [3.05, 3.63) is 81.9 Å². The van der Waals surface area contributed by atoms with Crippen molar-refractivity contribution in [1.82, 2.24) is 5.32 Å². The lowest BCUT2D eigenvalue weighted by Gasteiger charge is -2.26. The van der Waals surface area contributed by atoms with Crippen LogP contribution in [0.3, 0.4) is 0 Å². The van der Waals surface area contributed by atoms with Crippen LogP contribution in [0.2, 0.25) is 5.02 Å². The van der Waals surface area contributed by atoms with Crippen LogP contribution in [-0.4, -0.2) is 31.2 Å². The largest absolute Gasteiger partial charge is 0.490 e. The first-order valence-corrected chi connectivity index (χ1v) is 12.2. The second-order valence-electron chi connectivity index (χ2n) is 8.32. The van der Waals surface area contributed by atoms with Gasteiger partial charge in [0.1, 0.15) is 12.2 Å². The molecule has 5 rings (SSSR count). The fraction of sp³-hybridized carbons (Fsp3) is 0.143. The third-order valence-corrected chi connectivity index (χ3v) is 6.15. The SMILES string of the molecule is CCOc1cc(/C=C2\C(=O)NC(=O)N(c3ccc4c(c3)OCO4)C2=O)cc(Cl)c1OCc1ccccc1C#N. The first-order chi connectivity index (χ1) is 18.9. The van der Waals surface area contributed by atoms with Gasteiger partial charge in [0.25, 0.3) is 11.8 Å². The molecule has 0 aliphatic carbocycles. The number of nitrogens with one attached hydrogen (secondary N) is 1. The number of urea groups is 1. The summed E-state index contributed by atoms with van der Waals surface area (Å²) in [6.45, 7) is 2.15. The summed E-state index contributed by atoms with van der Waals surface area (Å²) in [7, 11) is 0. The Labute approximate surface area is 227 Å². The average Bonchev–Trinajstić information content (AvgIpc) is 3.39. The number of fused-ring (bicyclic) bond motifs is 1. The van der Waals surface area contributed by atoms with Crippen LogP contribution in [0.4, 0.5) is 10.5 Å². The van der Waals surface area contributed by atoms with E-state index in [1.165, 1.54) is 24.3 Å². The molecule has 4 amide bonds. The van der Waals surface area contributed by atoms with E-state index in [4.69, 9.17) is 30.5 Å². The molecule has 3 aromatic carbocycles. The molecule has 2 heterocycles. The predicted molar refractivity (Wildman–Crippen MR) is 140 cm³/mol. The number of carbonyl (C=O) groups excluding carboxylic acids is 3. The van der Waals surface area contributed by atoms with E-state index in [2.05, 4.69) is 11.4 Å². The lowest BCUT2D eigenvalue weighted by molar-refractivity contribution is -0.122. The molecular formula is C28H20ClN3O7. The highest BCUT2D eigenvalue weighted by atomic mass is 35.5. The number of halogens is 1. The number of nitriles is 1. The second kappa shape index (κ2) is 10.8. The van der Waals surface area contributed by atoms with Gasteiger partial charge in [-0.05, 0) is 48.9 Å². The molecule has 11 heteroatoms. The van der Waals surface area contributed by atoms with Gasteiger partial charge in [-0.2, -0.15) is 5.26 Å².